The minimum atomic E-state index is -0.209. The number of hydrogen-bond acceptors (Lipinski definition) is 3. The summed E-state index contributed by atoms with van der Waals surface area (Å²) >= 11 is 0. The molecular formula is C13H13N3O. The van der Waals surface area contributed by atoms with Gasteiger partial charge in [0.05, 0.1) is 6.20 Å². The van der Waals surface area contributed by atoms with Crippen LogP contribution in [0.3, 0.4) is 0 Å². The van der Waals surface area contributed by atoms with Crippen molar-refractivity contribution >= 4 is 5.91 Å². The van der Waals surface area contributed by atoms with E-state index < -0.39 is 0 Å². The van der Waals surface area contributed by atoms with Gasteiger partial charge < -0.3 is 5.32 Å². The monoisotopic (exact) mass is 227 g/mol. The van der Waals surface area contributed by atoms with Crippen LogP contribution in [-0.4, -0.2) is 15.9 Å². The number of benzene rings is 1. The number of rotatable bonds is 3. The molecule has 0 unspecified atom stereocenters. The standard InChI is InChI=1S/C13H13N3O/c1-10-3-2-4-11(7-10)8-16-13(17)12-9-14-5-6-15-12/h2-7,9H,8H2,1H3,(H,16,17). The third-order valence-corrected chi connectivity index (χ3v) is 2.33. The van der Waals surface area contributed by atoms with E-state index in [1.165, 1.54) is 24.2 Å². The molecule has 0 atom stereocenters. The minimum absolute atomic E-state index is 0.209. The van der Waals surface area contributed by atoms with E-state index in [0.717, 1.165) is 5.56 Å². The van der Waals surface area contributed by atoms with Crippen LogP contribution in [0.4, 0.5) is 0 Å². The first kappa shape index (κ1) is 11.3. The highest BCUT2D eigenvalue weighted by atomic mass is 16.1. The number of nitrogens with zero attached hydrogens (tertiary/aromatic N) is 2. The Kier molecular flexibility index (Phi) is 3.45. The summed E-state index contributed by atoms with van der Waals surface area (Å²) in [7, 11) is 0. The number of nitrogens with one attached hydrogen (secondary N) is 1. The van der Waals surface area contributed by atoms with Crippen molar-refractivity contribution in [3.8, 4) is 0 Å². The third kappa shape index (κ3) is 3.11. The summed E-state index contributed by atoms with van der Waals surface area (Å²) in [4.78, 5) is 19.5. The van der Waals surface area contributed by atoms with Gasteiger partial charge in [-0.3, -0.25) is 9.78 Å². The lowest BCUT2D eigenvalue weighted by Gasteiger charge is -2.05. The number of carbonyl (C=O) groups excluding carboxylic acids is 1. The molecule has 1 aromatic carbocycles. The van der Waals surface area contributed by atoms with Crippen molar-refractivity contribution in [2.24, 2.45) is 0 Å². The summed E-state index contributed by atoms with van der Waals surface area (Å²) in [5.41, 5.74) is 2.58. The molecule has 86 valence electrons. The van der Waals surface area contributed by atoms with Crippen LogP contribution in [0.5, 0.6) is 0 Å². The lowest BCUT2D eigenvalue weighted by atomic mass is 10.1. The maximum atomic E-state index is 11.7. The van der Waals surface area contributed by atoms with Crippen LogP contribution in [0.25, 0.3) is 0 Å². The van der Waals surface area contributed by atoms with E-state index in [1.54, 1.807) is 0 Å². The van der Waals surface area contributed by atoms with Crippen molar-refractivity contribution in [1.82, 2.24) is 15.3 Å². The fraction of sp³-hybridized carbons (Fsp3) is 0.154. The van der Waals surface area contributed by atoms with Gasteiger partial charge in [0.2, 0.25) is 0 Å². The molecule has 17 heavy (non-hydrogen) atoms. The summed E-state index contributed by atoms with van der Waals surface area (Å²) in [5.74, 6) is -0.209. The second kappa shape index (κ2) is 5.21. The lowest BCUT2D eigenvalue weighted by molar-refractivity contribution is 0.0945. The molecule has 4 heteroatoms. The van der Waals surface area contributed by atoms with Gasteiger partial charge in [0.1, 0.15) is 5.69 Å². The number of amides is 1. The fourth-order valence-electron chi connectivity index (χ4n) is 1.51. The minimum Gasteiger partial charge on any atom is -0.347 e. The molecule has 0 fully saturated rings. The molecule has 0 spiro atoms. The van der Waals surface area contributed by atoms with Crippen LogP contribution in [0.15, 0.2) is 42.9 Å². The molecule has 0 bridgehead atoms. The number of hydrogen-bond donors (Lipinski definition) is 1. The molecule has 0 radical (unpaired) electrons. The molecule has 2 rings (SSSR count). The van der Waals surface area contributed by atoms with Crippen LogP contribution < -0.4 is 5.32 Å². The highest BCUT2D eigenvalue weighted by Gasteiger charge is 2.05. The molecule has 0 aliphatic rings. The molecular weight excluding hydrogens is 214 g/mol. The average molecular weight is 227 g/mol. The number of aryl methyl sites for hydroxylation is 1. The van der Waals surface area contributed by atoms with Gasteiger partial charge in [0, 0.05) is 18.9 Å². The van der Waals surface area contributed by atoms with E-state index in [2.05, 4.69) is 15.3 Å². The van der Waals surface area contributed by atoms with Crippen LogP contribution in [0.2, 0.25) is 0 Å². The molecule has 1 N–H and O–H groups in total. The summed E-state index contributed by atoms with van der Waals surface area (Å²) in [6, 6.07) is 8.01. The first-order valence-corrected chi connectivity index (χ1v) is 5.35. The van der Waals surface area contributed by atoms with Gasteiger partial charge in [0.15, 0.2) is 0 Å². The van der Waals surface area contributed by atoms with Gasteiger partial charge in [-0.15, -0.1) is 0 Å². The fourth-order valence-corrected chi connectivity index (χ4v) is 1.51. The van der Waals surface area contributed by atoms with Gasteiger partial charge in [-0.25, -0.2) is 4.98 Å². The average Bonchev–Trinajstić information content (AvgIpc) is 2.37. The zero-order valence-corrected chi connectivity index (χ0v) is 9.55. The van der Waals surface area contributed by atoms with E-state index in [4.69, 9.17) is 0 Å². The Labute approximate surface area is 99.7 Å². The smallest absolute Gasteiger partial charge is 0.271 e. The molecule has 1 heterocycles. The summed E-state index contributed by atoms with van der Waals surface area (Å²) in [5, 5.41) is 2.80. The number of carbonyl (C=O) groups is 1. The van der Waals surface area contributed by atoms with E-state index in [9.17, 15) is 4.79 Å². The van der Waals surface area contributed by atoms with Crippen molar-refractivity contribution in [3.05, 3.63) is 59.7 Å². The number of aromatic nitrogens is 2. The zero-order chi connectivity index (χ0) is 12.1. The van der Waals surface area contributed by atoms with Crippen LogP contribution in [0, 0.1) is 6.92 Å². The van der Waals surface area contributed by atoms with Gasteiger partial charge in [0.25, 0.3) is 5.91 Å². The molecule has 4 nitrogen and oxygen atoms in total. The third-order valence-electron chi connectivity index (χ3n) is 2.33. The molecule has 1 aromatic heterocycles. The zero-order valence-electron chi connectivity index (χ0n) is 9.55. The normalized spacial score (nSPS) is 9.94. The first-order chi connectivity index (χ1) is 8.25. The SMILES string of the molecule is Cc1cccc(CNC(=O)c2cnccn2)c1. The maximum Gasteiger partial charge on any atom is 0.271 e. The van der Waals surface area contributed by atoms with Crippen LogP contribution in [0.1, 0.15) is 21.6 Å². The van der Waals surface area contributed by atoms with E-state index in [-0.39, 0.29) is 5.91 Å². The molecule has 1 amide bonds. The highest BCUT2D eigenvalue weighted by Crippen LogP contribution is 2.03. The van der Waals surface area contributed by atoms with Crippen molar-refractivity contribution in [2.45, 2.75) is 13.5 Å². The molecule has 0 saturated heterocycles. The second-order valence-electron chi connectivity index (χ2n) is 3.76. The summed E-state index contributed by atoms with van der Waals surface area (Å²) < 4.78 is 0. The Morgan fingerprint density at radius 1 is 1.35 bits per heavy atom. The topological polar surface area (TPSA) is 54.9 Å². The van der Waals surface area contributed by atoms with Gasteiger partial charge >= 0.3 is 0 Å². The Bertz CT molecular complexity index is 511. The highest BCUT2D eigenvalue weighted by molar-refractivity contribution is 5.91. The van der Waals surface area contributed by atoms with Crippen molar-refractivity contribution in [1.29, 1.82) is 0 Å². The Morgan fingerprint density at radius 3 is 2.94 bits per heavy atom. The second-order valence-corrected chi connectivity index (χ2v) is 3.76. The lowest BCUT2D eigenvalue weighted by Crippen LogP contribution is -2.23. The van der Waals surface area contributed by atoms with E-state index >= 15 is 0 Å². The predicted molar refractivity (Wildman–Crippen MR) is 64.4 cm³/mol. The predicted octanol–water partition coefficient (Wildman–Crippen LogP) is 1.72. The largest absolute Gasteiger partial charge is 0.347 e. The summed E-state index contributed by atoms with van der Waals surface area (Å²) in [6.07, 6.45) is 4.49. The molecule has 0 aliphatic carbocycles. The molecule has 0 saturated carbocycles. The Balaban J connectivity index is 1.97. The maximum absolute atomic E-state index is 11.7. The van der Waals surface area contributed by atoms with Gasteiger partial charge in [-0.2, -0.15) is 0 Å². The quantitative estimate of drug-likeness (QED) is 0.868. The Hall–Kier alpha value is -2.23. The van der Waals surface area contributed by atoms with E-state index in [0.29, 0.717) is 12.2 Å². The van der Waals surface area contributed by atoms with Gasteiger partial charge in [-0.05, 0) is 12.5 Å². The first-order valence-electron chi connectivity index (χ1n) is 5.35. The molecule has 0 aliphatic heterocycles. The van der Waals surface area contributed by atoms with Gasteiger partial charge in [-0.1, -0.05) is 29.8 Å². The summed E-state index contributed by atoms with van der Waals surface area (Å²) in [6.45, 7) is 2.52. The van der Waals surface area contributed by atoms with Crippen LogP contribution >= 0.6 is 0 Å². The van der Waals surface area contributed by atoms with E-state index in [1.807, 2.05) is 31.2 Å². The Morgan fingerprint density at radius 2 is 2.24 bits per heavy atom. The van der Waals surface area contributed by atoms with Crippen LogP contribution in [-0.2, 0) is 6.54 Å². The van der Waals surface area contributed by atoms with Crippen molar-refractivity contribution in [3.63, 3.8) is 0 Å². The van der Waals surface area contributed by atoms with Crippen molar-refractivity contribution in [2.75, 3.05) is 0 Å². The van der Waals surface area contributed by atoms with Crippen molar-refractivity contribution < 1.29 is 4.79 Å². The molecule has 2 aromatic rings.